The van der Waals surface area contributed by atoms with Crippen molar-refractivity contribution < 1.29 is 13.2 Å². The maximum atomic E-state index is 12.3. The molecule has 5 nitrogen and oxygen atoms in total. The van der Waals surface area contributed by atoms with E-state index in [0.717, 1.165) is 16.0 Å². The van der Waals surface area contributed by atoms with Crippen molar-refractivity contribution >= 4 is 48.3 Å². The number of hydrogen-bond acceptors (Lipinski definition) is 5. The van der Waals surface area contributed by atoms with E-state index < -0.39 is 10.0 Å². The summed E-state index contributed by atoms with van der Waals surface area (Å²) in [6.07, 6.45) is 0. The number of rotatable bonds is 6. The summed E-state index contributed by atoms with van der Waals surface area (Å²) in [6.45, 7) is 2.48. The van der Waals surface area contributed by atoms with Crippen molar-refractivity contribution in [3.05, 3.63) is 53.1 Å². The summed E-state index contributed by atoms with van der Waals surface area (Å²) in [4.78, 5) is 4.30. The maximum Gasteiger partial charge on any atom is 0.238 e. The zero-order chi connectivity index (χ0) is 17.2. The van der Waals surface area contributed by atoms with E-state index in [1.165, 1.54) is 11.3 Å². The van der Waals surface area contributed by atoms with Gasteiger partial charge < -0.3 is 4.74 Å². The van der Waals surface area contributed by atoms with Gasteiger partial charge in [0.25, 0.3) is 0 Å². The minimum absolute atomic E-state index is 0.202. The van der Waals surface area contributed by atoms with E-state index in [0.29, 0.717) is 22.3 Å². The second-order valence-electron chi connectivity index (χ2n) is 5.03. The SMILES string of the molecule is CCOc1ccc2nc(NS(=O)(=O)Cc3ccccc3Cl)sc2c1. The van der Waals surface area contributed by atoms with Crippen LogP contribution in [0.1, 0.15) is 12.5 Å². The highest BCUT2D eigenvalue weighted by atomic mass is 35.5. The van der Waals surface area contributed by atoms with Crippen LogP contribution in [0.5, 0.6) is 5.75 Å². The predicted molar refractivity (Wildman–Crippen MR) is 98.5 cm³/mol. The molecular formula is C16H15ClN2O3S2. The van der Waals surface area contributed by atoms with Crippen molar-refractivity contribution in [2.75, 3.05) is 11.3 Å². The van der Waals surface area contributed by atoms with Gasteiger partial charge in [-0.2, -0.15) is 0 Å². The molecule has 24 heavy (non-hydrogen) atoms. The number of fused-ring (bicyclic) bond motifs is 1. The number of nitrogens with zero attached hydrogens (tertiary/aromatic N) is 1. The zero-order valence-electron chi connectivity index (χ0n) is 12.8. The molecule has 0 unspecified atom stereocenters. The fraction of sp³-hybridized carbons (Fsp3) is 0.188. The third-order valence-electron chi connectivity index (χ3n) is 3.22. The monoisotopic (exact) mass is 382 g/mol. The summed E-state index contributed by atoms with van der Waals surface area (Å²) in [7, 11) is -3.60. The Bertz CT molecular complexity index is 970. The second kappa shape index (κ2) is 6.96. The summed E-state index contributed by atoms with van der Waals surface area (Å²) >= 11 is 7.29. The molecule has 0 atom stereocenters. The molecule has 1 heterocycles. The van der Waals surface area contributed by atoms with E-state index in [1.807, 2.05) is 25.1 Å². The number of thiazole rings is 1. The molecule has 0 aliphatic heterocycles. The standard InChI is InChI=1S/C16H15ClN2O3S2/c1-2-22-12-7-8-14-15(9-12)23-16(18-14)19-24(20,21)10-11-5-3-4-6-13(11)17/h3-9H,2,10H2,1H3,(H,18,19). The number of anilines is 1. The van der Waals surface area contributed by atoms with E-state index in [9.17, 15) is 8.42 Å². The molecule has 0 aliphatic carbocycles. The summed E-state index contributed by atoms with van der Waals surface area (Å²) in [5.74, 6) is 0.534. The Balaban J connectivity index is 1.82. The smallest absolute Gasteiger partial charge is 0.238 e. The van der Waals surface area contributed by atoms with Gasteiger partial charge in [-0.05, 0) is 36.8 Å². The number of halogens is 1. The predicted octanol–water partition coefficient (Wildman–Crippen LogP) is 4.29. The number of hydrogen-bond donors (Lipinski definition) is 1. The molecule has 3 aromatic rings. The van der Waals surface area contributed by atoms with Crippen LogP contribution in [-0.4, -0.2) is 20.0 Å². The van der Waals surface area contributed by atoms with Gasteiger partial charge in [-0.1, -0.05) is 41.1 Å². The van der Waals surface area contributed by atoms with Crippen molar-refractivity contribution in [2.45, 2.75) is 12.7 Å². The molecule has 1 N–H and O–H groups in total. The van der Waals surface area contributed by atoms with Crippen LogP contribution in [0.3, 0.4) is 0 Å². The van der Waals surface area contributed by atoms with Crippen LogP contribution in [0.25, 0.3) is 10.2 Å². The summed E-state index contributed by atoms with van der Waals surface area (Å²) in [6, 6.07) is 12.3. The van der Waals surface area contributed by atoms with Crippen molar-refractivity contribution in [3.63, 3.8) is 0 Å². The average molecular weight is 383 g/mol. The molecule has 0 radical (unpaired) electrons. The summed E-state index contributed by atoms with van der Waals surface area (Å²) < 4.78 is 33.5. The lowest BCUT2D eigenvalue weighted by atomic mass is 10.2. The van der Waals surface area contributed by atoms with Gasteiger partial charge in [0.2, 0.25) is 10.0 Å². The molecule has 2 aromatic carbocycles. The molecule has 0 fully saturated rings. The third kappa shape index (κ3) is 3.98. The molecule has 3 rings (SSSR count). The van der Waals surface area contributed by atoms with Gasteiger partial charge in [0, 0.05) is 5.02 Å². The first-order valence-corrected chi connectivity index (χ1v) is 10.1. The zero-order valence-corrected chi connectivity index (χ0v) is 15.2. The quantitative estimate of drug-likeness (QED) is 0.690. The molecule has 0 spiro atoms. The van der Waals surface area contributed by atoms with Crippen LogP contribution in [0.4, 0.5) is 5.13 Å². The highest BCUT2D eigenvalue weighted by Crippen LogP contribution is 2.30. The lowest BCUT2D eigenvalue weighted by Crippen LogP contribution is -2.15. The van der Waals surface area contributed by atoms with Gasteiger partial charge in [0.05, 0.1) is 22.6 Å². The highest BCUT2D eigenvalue weighted by molar-refractivity contribution is 7.92. The molecule has 0 saturated carbocycles. The van der Waals surface area contributed by atoms with Crippen molar-refractivity contribution in [1.82, 2.24) is 4.98 Å². The van der Waals surface area contributed by atoms with Crippen molar-refractivity contribution in [3.8, 4) is 5.75 Å². The Morgan fingerprint density at radius 3 is 2.79 bits per heavy atom. The largest absolute Gasteiger partial charge is 0.494 e. The first-order chi connectivity index (χ1) is 11.5. The van der Waals surface area contributed by atoms with E-state index in [-0.39, 0.29) is 5.75 Å². The van der Waals surface area contributed by atoms with Crippen LogP contribution in [0, 0.1) is 0 Å². The Morgan fingerprint density at radius 1 is 1.25 bits per heavy atom. The normalized spacial score (nSPS) is 11.6. The van der Waals surface area contributed by atoms with E-state index in [1.54, 1.807) is 24.3 Å². The topological polar surface area (TPSA) is 68.3 Å². The summed E-state index contributed by atoms with van der Waals surface area (Å²) in [5, 5.41) is 0.749. The van der Waals surface area contributed by atoms with Crippen LogP contribution in [0.2, 0.25) is 5.02 Å². The van der Waals surface area contributed by atoms with E-state index >= 15 is 0 Å². The molecule has 0 saturated heterocycles. The first-order valence-electron chi connectivity index (χ1n) is 7.24. The van der Waals surface area contributed by atoms with Gasteiger partial charge in [0.15, 0.2) is 5.13 Å². The molecule has 0 amide bonds. The van der Waals surface area contributed by atoms with Gasteiger partial charge in [-0.15, -0.1) is 0 Å². The maximum absolute atomic E-state index is 12.3. The van der Waals surface area contributed by atoms with Crippen LogP contribution in [0.15, 0.2) is 42.5 Å². The van der Waals surface area contributed by atoms with Crippen molar-refractivity contribution in [2.24, 2.45) is 0 Å². The second-order valence-corrected chi connectivity index (χ2v) is 8.19. The van der Waals surface area contributed by atoms with Crippen LogP contribution < -0.4 is 9.46 Å². The van der Waals surface area contributed by atoms with Gasteiger partial charge >= 0.3 is 0 Å². The average Bonchev–Trinajstić information content (AvgIpc) is 2.90. The van der Waals surface area contributed by atoms with Crippen LogP contribution >= 0.6 is 22.9 Å². The third-order valence-corrected chi connectivity index (χ3v) is 5.84. The lowest BCUT2D eigenvalue weighted by molar-refractivity contribution is 0.341. The highest BCUT2D eigenvalue weighted by Gasteiger charge is 2.16. The number of ether oxygens (including phenoxy) is 1. The molecule has 126 valence electrons. The molecule has 1 aromatic heterocycles. The number of nitrogens with one attached hydrogen (secondary N) is 1. The lowest BCUT2D eigenvalue weighted by Gasteiger charge is -2.06. The molecule has 8 heteroatoms. The van der Waals surface area contributed by atoms with Gasteiger partial charge in [-0.3, -0.25) is 4.72 Å². The summed E-state index contributed by atoms with van der Waals surface area (Å²) in [5.41, 5.74) is 1.27. The fourth-order valence-electron chi connectivity index (χ4n) is 2.19. The van der Waals surface area contributed by atoms with Crippen molar-refractivity contribution in [1.29, 1.82) is 0 Å². The molecule has 0 aliphatic rings. The van der Waals surface area contributed by atoms with E-state index in [4.69, 9.17) is 16.3 Å². The first kappa shape index (κ1) is 17.0. The Labute approximate surface area is 149 Å². The minimum atomic E-state index is -3.60. The van der Waals surface area contributed by atoms with Gasteiger partial charge in [-0.25, -0.2) is 13.4 Å². The molecule has 0 bridgehead atoms. The Hall–Kier alpha value is -1.83. The number of sulfonamides is 1. The number of aromatic nitrogens is 1. The van der Waals surface area contributed by atoms with Gasteiger partial charge in [0.1, 0.15) is 5.75 Å². The fourth-order valence-corrected chi connectivity index (χ4v) is 4.81. The number of benzene rings is 2. The Morgan fingerprint density at radius 2 is 2.04 bits per heavy atom. The molecular weight excluding hydrogens is 368 g/mol. The Kier molecular flexibility index (Phi) is 4.93. The van der Waals surface area contributed by atoms with Crippen LogP contribution in [-0.2, 0) is 15.8 Å². The van der Waals surface area contributed by atoms with E-state index in [2.05, 4.69) is 9.71 Å². The minimum Gasteiger partial charge on any atom is -0.494 e.